The van der Waals surface area contributed by atoms with E-state index in [0.717, 1.165) is 27.5 Å². The van der Waals surface area contributed by atoms with E-state index in [-0.39, 0.29) is 0 Å². The Labute approximate surface area is 89.9 Å². The fourth-order valence-corrected chi connectivity index (χ4v) is 2.10. The van der Waals surface area contributed by atoms with E-state index in [1.54, 1.807) is 12.4 Å². The molecule has 0 bridgehead atoms. The normalized spacial score (nSPS) is 11.8. The van der Waals surface area contributed by atoms with Gasteiger partial charge < -0.3 is 9.40 Å². The molecule has 0 unspecified atom stereocenters. The maximum atomic E-state index is 5.61. The predicted molar refractivity (Wildman–Crippen MR) is 61.2 cm³/mol. The Hall–Kier alpha value is -2.36. The zero-order chi connectivity index (χ0) is 10.5. The summed E-state index contributed by atoms with van der Waals surface area (Å²) in [5.74, 6) is 0. The Bertz CT molecular complexity index is 747. The van der Waals surface area contributed by atoms with Gasteiger partial charge in [0, 0.05) is 23.3 Å². The van der Waals surface area contributed by atoms with Gasteiger partial charge in [0.1, 0.15) is 5.52 Å². The fourth-order valence-electron chi connectivity index (χ4n) is 2.10. The van der Waals surface area contributed by atoms with Crippen LogP contribution < -0.4 is 0 Å². The van der Waals surface area contributed by atoms with Gasteiger partial charge in [-0.3, -0.25) is 0 Å². The summed E-state index contributed by atoms with van der Waals surface area (Å²) in [6.45, 7) is 0. The molecule has 0 fully saturated rings. The minimum atomic E-state index is 0.578. The van der Waals surface area contributed by atoms with Crippen molar-refractivity contribution in [3.05, 3.63) is 36.7 Å². The quantitative estimate of drug-likeness (QED) is 0.484. The molecule has 0 atom stereocenters. The van der Waals surface area contributed by atoms with Crippen LogP contribution in [0.4, 0.5) is 0 Å². The molecule has 76 valence electrons. The molecule has 0 saturated carbocycles. The van der Waals surface area contributed by atoms with E-state index < -0.39 is 0 Å². The van der Waals surface area contributed by atoms with Gasteiger partial charge in [-0.15, -0.1) is 0 Å². The predicted octanol–water partition coefficient (Wildman–Crippen LogP) is 2.86. The van der Waals surface area contributed by atoms with Gasteiger partial charge in [-0.25, -0.2) is 9.97 Å². The van der Waals surface area contributed by atoms with Gasteiger partial charge in [0.05, 0.1) is 5.39 Å². The van der Waals surface area contributed by atoms with Crippen LogP contribution in [-0.4, -0.2) is 15.0 Å². The molecule has 3 aromatic heterocycles. The first kappa shape index (κ1) is 7.87. The number of para-hydroxylation sites is 1. The van der Waals surface area contributed by atoms with Gasteiger partial charge in [-0.05, 0) is 6.07 Å². The molecule has 4 rings (SSSR count). The monoisotopic (exact) mass is 209 g/mol. The third-order valence-corrected chi connectivity index (χ3v) is 2.77. The number of nitrogens with zero attached hydrogens (tertiary/aromatic N) is 2. The molecule has 4 aromatic rings. The molecule has 0 aliphatic heterocycles. The van der Waals surface area contributed by atoms with Crippen molar-refractivity contribution in [2.75, 3.05) is 0 Å². The van der Waals surface area contributed by atoms with Crippen LogP contribution in [0.25, 0.3) is 33.2 Å². The first-order valence-electron chi connectivity index (χ1n) is 5.03. The molecule has 0 spiro atoms. The van der Waals surface area contributed by atoms with Crippen molar-refractivity contribution >= 4 is 33.2 Å². The lowest BCUT2D eigenvalue weighted by atomic mass is 10.2. The Morgan fingerprint density at radius 3 is 2.94 bits per heavy atom. The molecule has 0 amide bonds. The van der Waals surface area contributed by atoms with Gasteiger partial charge >= 0.3 is 0 Å². The molecule has 4 heteroatoms. The minimum absolute atomic E-state index is 0.578. The minimum Gasteiger partial charge on any atom is -0.420 e. The second-order valence-electron chi connectivity index (χ2n) is 3.69. The summed E-state index contributed by atoms with van der Waals surface area (Å²) < 4.78 is 5.61. The van der Waals surface area contributed by atoms with Gasteiger partial charge in [-0.2, -0.15) is 0 Å². The molecule has 0 aliphatic carbocycles. The number of H-pyrrole nitrogens is 1. The van der Waals surface area contributed by atoms with E-state index in [0.29, 0.717) is 5.71 Å². The maximum Gasteiger partial charge on any atom is 0.248 e. The van der Waals surface area contributed by atoms with E-state index in [2.05, 4.69) is 21.0 Å². The van der Waals surface area contributed by atoms with Gasteiger partial charge in [0.15, 0.2) is 0 Å². The highest BCUT2D eigenvalue weighted by Crippen LogP contribution is 2.31. The zero-order valence-electron chi connectivity index (χ0n) is 8.27. The van der Waals surface area contributed by atoms with Crippen molar-refractivity contribution in [2.45, 2.75) is 0 Å². The molecular weight excluding hydrogens is 202 g/mol. The van der Waals surface area contributed by atoms with Crippen molar-refractivity contribution in [2.24, 2.45) is 0 Å². The molecule has 0 aliphatic rings. The number of aromatic amines is 1. The van der Waals surface area contributed by atoms with E-state index >= 15 is 0 Å². The standard InChI is InChI=1S/C12H7N3O/c1-2-4-8-7(3-1)9-10-12(14-6-5-13-10)16-11(9)15-8/h1-6,15H. The molecule has 0 radical (unpaired) electrons. The number of hydrogen-bond donors (Lipinski definition) is 1. The number of nitrogens with one attached hydrogen (secondary N) is 1. The number of aromatic nitrogens is 3. The van der Waals surface area contributed by atoms with Crippen LogP contribution in [-0.2, 0) is 0 Å². The van der Waals surface area contributed by atoms with Crippen LogP contribution in [0.5, 0.6) is 0 Å². The molecule has 0 saturated heterocycles. The van der Waals surface area contributed by atoms with Crippen LogP contribution in [0.15, 0.2) is 41.1 Å². The van der Waals surface area contributed by atoms with Crippen LogP contribution in [0.3, 0.4) is 0 Å². The largest absolute Gasteiger partial charge is 0.420 e. The zero-order valence-corrected chi connectivity index (χ0v) is 8.27. The van der Waals surface area contributed by atoms with Gasteiger partial charge in [-0.1, -0.05) is 18.2 Å². The fraction of sp³-hybridized carbons (Fsp3) is 0. The van der Waals surface area contributed by atoms with Crippen molar-refractivity contribution in [3.8, 4) is 0 Å². The number of furan rings is 1. The summed E-state index contributed by atoms with van der Waals surface area (Å²) in [4.78, 5) is 11.7. The Kier molecular flexibility index (Phi) is 1.28. The summed E-state index contributed by atoms with van der Waals surface area (Å²) in [5.41, 5.74) is 3.19. The molecular formula is C12H7N3O. The van der Waals surface area contributed by atoms with Crippen molar-refractivity contribution < 1.29 is 4.42 Å². The highest BCUT2D eigenvalue weighted by molar-refractivity contribution is 6.16. The third kappa shape index (κ3) is 0.839. The van der Waals surface area contributed by atoms with Gasteiger partial charge in [0.2, 0.25) is 11.4 Å². The van der Waals surface area contributed by atoms with Crippen LogP contribution in [0, 0.1) is 0 Å². The van der Waals surface area contributed by atoms with Crippen molar-refractivity contribution in [1.29, 1.82) is 0 Å². The summed E-state index contributed by atoms with van der Waals surface area (Å²) in [5, 5.41) is 2.13. The Balaban J connectivity index is 2.38. The molecule has 3 heterocycles. The van der Waals surface area contributed by atoms with Crippen LogP contribution in [0.2, 0.25) is 0 Å². The number of fused-ring (bicyclic) bond motifs is 5. The topological polar surface area (TPSA) is 54.7 Å². The maximum absolute atomic E-state index is 5.61. The number of benzene rings is 1. The summed E-state index contributed by atoms with van der Waals surface area (Å²) in [6, 6.07) is 8.07. The Morgan fingerprint density at radius 1 is 1.06 bits per heavy atom. The summed E-state index contributed by atoms with van der Waals surface area (Å²) >= 11 is 0. The average Bonchev–Trinajstić information content (AvgIpc) is 2.83. The third-order valence-electron chi connectivity index (χ3n) is 2.77. The second kappa shape index (κ2) is 2.61. The number of rotatable bonds is 0. The van der Waals surface area contributed by atoms with Gasteiger partial charge in [0.25, 0.3) is 0 Å². The summed E-state index contributed by atoms with van der Waals surface area (Å²) in [6.07, 6.45) is 3.31. The van der Waals surface area contributed by atoms with Crippen molar-refractivity contribution in [1.82, 2.24) is 15.0 Å². The lowest BCUT2D eigenvalue weighted by Crippen LogP contribution is -1.76. The molecule has 1 N–H and O–H groups in total. The first-order chi connectivity index (χ1) is 7.93. The SMILES string of the molecule is c1ccc2c(c1)[nH]c1oc3nccnc3c12. The molecule has 16 heavy (non-hydrogen) atoms. The lowest BCUT2D eigenvalue weighted by Gasteiger charge is -1.88. The summed E-state index contributed by atoms with van der Waals surface area (Å²) in [7, 11) is 0. The van der Waals surface area contributed by atoms with E-state index in [9.17, 15) is 0 Å². The van der Waals surface area contributed by atoms with E-state index in [4.69, 9.17) is 4.42 Å². The highest BCUT2D eigenvalue weighted by atomic mass is 16.3. The van der Waals surface area contributed by atoms with E-state index in [1.807, 2.05) is 18.2 Å². The smallest absolute Gasteiger partial charge is 0.248 e. The Morgan fingerprint density at radius 2 is 1.94 bits per heavy atom. The highest BCUT2D eigenvalue weighted by Gasteiger charge is 2.13. The lowest BCUT2D eigenvalue weighted by molar-refractivity contribution is 0.642. The van der Waals surface area contributed by atoms with Crippen molar-refractivity contribution in [3.63, 3.8) is 0 Å². The average molecular weight is 209 g/mol. The van der Waals surface area contributed by atoms with Crippen LogP contribution in [0.1, 0.15) is 0 Å². The van der Waals surface area contributed by atoms with Crippen LogP contribution >= 0.6 is 0 Å². The molecule has 4 nitrogen and oxygen atoms in total. The second-order valence-corrected chi connectivity index (χ2v) is 3.69. The van der Waals surface area contributed by atoms with E-state index in [1.165, 1.54) is 0 Å². The number of hydrogen-bond acceptors (Lipinski definition) is 3. The first-order valence-corrected chi connectivity index (χ1v) is 5.03. The molecule has 1 aromatic carbocycles.